The molecule has 1 aromatic carbocycles. The Kier molecular flexibility index (Phi) is 6.15. The van der Waals surface area contributed by atoms with Crippen LogP contribution in [0.15, 0.2) is 18.2 Å². The van der Waals surface area contributed by atoms with Crippen LogP contribution in [0, 0.1) is 0 Å². The maximum Gasteiger partial charge on any atom is 0.234 e. The summed E-state index contributed by atoms with van der Waals surface area (Å²) in [5, 5.41) is 2.85. The van der Waals surface area contributed by atoms with E-state index in [9.17, 15) is 4.79 Å². The van der Waals surface area contributed by atoms with Crippen molar-refractivity contribution in [3.05, 3.63) is 23.8 Å². The number of ether oxygens (including phenoxy) is 1. The van der Waals surface area contributed by atoms with Crippen molar-refractivity contribution >= 4 is 11.6 Å². The van der Waals surface area contributed by atoms with Gasteiger partial charge >= 0.3 is 0 Å². The first-order valence-electron chi connectivity index (χ1n) is 6.44. The van der Waals surface area contributed by atoms with Crippen molar-refractivity contribution in [2.75, 3.05) is 33.0 Å². The maximum atomic E-state index is 11.6. The number of amides is 1. The molecule has 0 unspecified atom stereocenters. The average Bonchev–Trinajstić information content (AvgIpc) is 2.38. The van der Waals surface area contributed by atoms with Gasteiger partial charge in [-0.3, -0.25) is 9.69 Å². The number of carbonyl (C=O) groups excluding carboxylic acids is 1. The minimum atomic E-state index is 0.0405. The van der Waals surface area contributed by atoms with Gasteiger partial charge in [0.1, 0.15) is 5.75 Å². The van der Waals surface area contributed by atoms with Crippen LogP contribution in [0.1, 0.15) is 18.9 Å². The first-order chi connectivity index (χ1) is 9.06. The van der Waals surface area contributed by atoms with Gasteiger partial charge in [0.05, 0.1) is 13.7 Å². The zero-order valence-corrected chi connectivity index (χ0v) is 11.9. The Hall–Kier alpha value is -1.75. The number of benzene rings is 1. The summed E-state index contributed by atoms with van der Waals surface area (Å²) in [5.41, 5.74) is 7.40. The van der Waals surface area contributed by atoms with Gasteiger partial charge < -0.3 is 15.8 Å². The van der Waals surface area contributed by atoms with Crippen molar-refractivity contribution in [3.8, 4) is 5.75 Å². The SMILES string of the molecule is CCCNC(=O)CN(C)Cc1ccc(N)cc1OC. The molecule has 0 heterocycles. The maximum absolute atomic E-state index is 11.6. The third kappa shape index (κ3) is 5.18. The second-order valence-electron chi connectivity index (χ2n) is 4.59. The lowest BCUT2D eigenvalue weighted by molar-refractivity contribution is -0.122. The van der Waals surface area contributed by atoms with Gasteiger partial charge in [-0.15, -0.1) is 0 Å². The van der Waals surface area contributed by atoms with E-state index in [1.54, 1.807) is 13.2 Å². The van der Waals surface area contributed by atoms with Crippen molar-refractivity contribution in [2.45, 2.75) is 19.9 Å². The molecule has 0 radical (unpaired) electrons. The fourth-order valence-electron chi connectivity index (χ4n) is 1.80. The molecule has 1 amide bonds. The summed E-state index contributed by atoms with van der Waals surface area (Å²) < 4.78 is 5.29. The molecule has 0 aliphatic rings. The number of nitrogen functional groups attached to an aromatic ring is 1. The molecule has 0 saturated carbocycles. The highest BCUT2D eigenvalue weighted by Gasteiger charge is 2.10. The Labute approximate surface area is 114 Å². The van der Waals surface area contributed by atoms with Crippen LogP contribution in [0.3, 0.4) is 0 Å². The molecule has 5 heteroatoms. The highest BCUT2D eigenvalue weighted by atomic mass is 16.5. The topological polar surface area (TPSA) is 67.6 Å². The van der Waals surface area contributed by atoms with Crippen molar-refractivity contribution in [2.24, 2.45) is 0 Å². The Balaban J connectivity index is 2.56. The highest BCUT2D eigenvalue weighted by molar-refractivity contribution is 5.77. The first-order valence-corrected chi connectivity index (χ1v) is 6.44. The number of carbonyl (C=O) groups is 1. The Morgan fingerprint density at radius 2 is 2.21 bits per heavy atom. The summed E-state index contributed by atoms with van der Waals surface area (Å²) in [6, 6.07) is 5.55. The summed E-state index contributed by atoms with van der Waals surface area (Å²) in [6.45, 7) is 3.76. The lowest BCUT2D eigenvalue weighted by Crippen LogP contribution is -2.35. The van der Waals surface area contributed by atoms with E-state index in [0.717, 1.165) is 24.3 Å². The fraction of sp³-hybridized carbons (Fsp3) is 0.500. The van der Waals surface area contributed by atoms with Gasteiger partial charge in [0.15, 0.2) is 0 Å². The molecule has 0 aliphatic carbocycles. The van der Waals surface area contributed by atoms with Crippen molar-refractivity contribution in [3.63, 3.8) is 0 Å². The first kappa shape index (κ1) is 15.3. The summed E-state index contributed by atoms with van der Waals surface area (Å²) in [6.07, 6.45) is 0.946. The summed E-state index contributed by atoms with van der Waals surface area (Å²) in [5.74, 6) is 0.791. The number of nitrogens with one attached hydrogen (secondary N) is 1. The average molecular weight is 265 g/mol. The number of nitrogens with zero attached hydrogens (tertiary/aromatic N) is 1. The standard InChI is InChI=1S/C14H23N3O2/c1-4-7-16-14(18)10-17(2)9-11-5-6-12(15)8-13(11)19-3/h5-6,8H,4,7,9-10,15H2,1-3H3,(H,16,18). The van der Waals surface area contributed by atoms with E-state index in [0.29, 0.717) is 18.8 Å². The van der Waals surface area contributed by atoms with E-state index < -0.39 is 0 Å². The van der Waals surface area contributed by atoms with E-state index in [4.69, 9.17) is 10.5 Å². The minimum Gasteiger partial charge on any atom is -0.496 e. The van der Waals surface area contributed by atoms with Gasteiger partial charge in [-0.1, -0.05) is 13.0 Å². The van der Waals surface area contributed by atoms with Crippen LogP contribution in [0.25, 0.3) is 0 Å². The zero-order valence-electron chi connectivity index (χ0n) is 11.9. The molecule has 19 heavy (non-hydrogen) atoms. The summed E-state index contributed by atoms with van der Waals surface area (Å²) >= 11 is 0. The molecule has 0 aliphatic heterocycles. The van der Waals surface area contributed by atoms with Crippen LogP contribution in [-0.2, 0) is 11.3 Å². The normalized spacial score (nSPS) is 10.5. The molecule has 5 nitrogen and oxygen atoms in total. The molecule has 0 spiro atoms. The molecule has 1 rings (SSSR count). The second kappa shape index (κ2) is 7.63. The van der Waals surface area contributed by atoms with E-state index in [1.807, 2.05) is 31.0 Å². The third-order valence-electron chi connectivity index (χ3n) is 2.74. The number of anilines is 1. The smallest absolute Gasteiger partial charge is 0.234 e. The Morgan fingerprint density at radius 1 is 1.47 bits per heavy atom. The highest BCUT2D eigenvalue weighted by Crippen LogP contribution is 2.22. The van der Waals surface area contributed by atoms with Crippen LogP contribution in [0.4, 0.5) is 5.69 Å². The number of likely N-dealkylation sites (N-methyl/N-ethyl adjacent to an activating group) is 1. The number of hydrogen-bond acceptors (Lipinski definition) is 4. The van der Waals surface area contributed by atoms with Crippen LogP contribution >= 0.6 is 0 Å². The van der Waals surface area contributed by atoms with Gasteiger partial charge in [-0.25, -0.2) is 0 Å². The molecular formula is C14H23N3O2. The molecule has 0 fully saturated rings. The fourth-order valence-corrected chi connectivity index (χ4v) is 1.80. The monoisotopic (exact) mass is 265 g/mol. The second-order valence-corrected chi connectivity index (χ2v) is 4.59. The van der Waals surface area contributed by atoms with Crippen molar-refractivity contribution < 1.29 is 9.53 Å². The molecule has 0 saturated heterocycles. The molecular weight excluding hydrogens is 242 g/mol. The van der Waals surface area contributed by atoms with Crippen LogP contribution in [-0.4, -0.2) is 38.1 Å². The van der Waals surface area contributed by atoms with Crippen LogP contribution in [0.5, 0.6) is 5.75 Å². The van der Waals surface area contributed by atoms with Gasteiger partial charge in [0.2, 0.25) is 5.91 Å². The van der Waals surface area contributed by atoms with Crippen LogP contribution < -0.4 is 15.8 Å². The van der Waals surface area contributed by atoms with Crippen molar-refractivity contribution in [1.29, 1.82) is 0 Å². The van der Waals surface area contributed by atoms with E-state index in [2.05, 4.69) is 5.32 Å². The van der Waals surface area contributed by atoms with Crippen molar-refractivity contribution in [1.82, 2.24) is 10.2 Å². The lowest BCUT2D eigenvalue weighted by atomic mass is 10.1. The zero-order chi connectivity index (χ0) is 14.3. The number of nitrogens with two attached hydrogens (primary N) is 1. The summed E-state index contributed by atoms with van der Waals surface area (Å²) in [7, 11) is 3.52. The molecule has 106 valence electrons. The van der Waals surface area contributed by atoms with Gasteiger partial charge in [0, 0.05) is 30.4 Å². The van der Waals surface area contributed by atoms with E-state index in [-0.39, 0.29) is 5.91 Å². The molecule has 0 bridgehead atoms. The van der Waals surface area contributed by atoms with Gasteiger partial charge in [-0.2, -0.15) is 0 Å². The number of hydrogen-bond donors (Lipinski definition) is 2. The largest absolute Gasteiger partial charge is 0.496 e. The summed E-state index contributed by atoms with van der Waals surface area (Å²) in [4.78, 5) is 13.6. The van der Waals surface area contributed by atoms with Gasteiger partial charge in [0.25, 0.3) is 0 Å². The molecule has 0 aromatic heterocycles. The third-order valence-corrected chi connectivity index (χ3v) is 2.74. The predicted octanol–water partition coefficient (Wildman–Crippen LogP) is 1.24. The molecule has 1 aromatic rings. The number of methoxy groups -OCH3 is 1. The van der Waals surface area contributed by atoms with E-state index in [1.165, 1.54) is 0 Å². The lowest BCUT2D eigenvalue weighted by Gasteiger charge is -2.18. The molecule has 3 N–H and O–H groups in total. The Morgan fingerprint density at radius 3 is 2.84 bits per heavy atom. The number of rotatable bonds is 7. The Bertz CT molecular complexity index is 421. The quantitative estimate of drug-likeness (QED) is 0.728. The van der Waals surface area contributed by atoms with Gasteiger partial charge in [-0.05, 0) is 19.5 Å². The van der Waals surface area contributed by atoms with E-state index >= 15 is 0 Å². The van der Waals surface area contributed by atoms with Crippen LogP contribution in [0.2, 0.25) is 0 Å². The predicted molar refractivity (Wildman–Crippen MR) is 77.0 cm³/mol. The minimum absolute atomic E-state index is 0.0405. The molecule has 0 atom stereocenters.